The second-order valence-corrected chi connectivity index (χ2v) is 6.56. The van der Waals surface area contributed by atoms with E-state index in [1.54, 1.807) is 0 Å². The lowest BCUT2D eigenvalue weighted by Gasteiger charge is -2.36. The topological polar surface area (TPSA) is 87.7 Å². The summed E-state index contributed by atoms with van der Waals surface area (Å²) in [5, 5.41) is 15.3. The largest absolute Gasteiger partial charge is 0.394 e. The van der Waals surface area contributed by atoms with E-state index in [0.29, 0.717) is 12.8 Å². The van der Waals surface area contributed by atoms with Crippen molar-refractivity contribution in [2.24, 2.45) is 5.92 Å². The molecule has 1 aromatic carbocycles. The van der Waals surface area contributed by atoms with Crippen molar-refractivity contribution >= 4 is 17.5 Å². The molecule has 3 atom stereocenters. The minimum absolute atomic E-state index is 0.0577. The Hall–Kier alpha value is -1.92. The van der Waals surface area contributed by atoms with E-state index in [0.717, 1.165) is 18.5 Å². The SMILES string of the molecule is O=C(C[C@H]1CC[C@H](NC(=O)C2CC2)[C@H](CO)O1)Nc1ccccc1. The molecule has 6 heteroatoms. The number of carbonyl (C=O) groups excluding carboxylic acids is 2. The second-order valence-electron chi connectivity index (χ2n) is 6.56. The molecule has 3 rings (SSSR count). The van der Waals surface area contributed by atoms with Gasteiger partial charge in [-0.2, -0.15) is 0 Å². The highest BCUT2D eigenvalue weighted by molar-refractivity contribution is 5.91. The molecule has 130 valence electrons. The Morgan fingerprint density at radius 1 is 1.12 bits per heavy atom. The summed E-state index contributed by atoms with van der Waals surface area (Å²) in [6.45, 7) is -0.160. The molecule has 0 bridgehead atoms. The van der Waals surface area contributed by atoms with Crippen LogP contribution >= 0.6 is 0 Å². The van der Waals surface area contributed by atoms with Crippen molar-refractivity contribution in [3.8, 4) is 0 Å². The molecule has 3 N–H and O–H groups in total. The molecular formula is C18H24N2O4. The van der Waals surface area contributed by atoms with E-state index in [2.05, 4.69) is 10.6 Å². The summed E-state index contributed by atoms with van der Waals surface area (Å²) < 4.78 is 5.83. The number of rotatable bonds is 6. The normalized spacial score (nSPS) is 26.6. The van der Waals surface area contributed by atoms with E-state index >= 15 is 0 Å². The molecule has 2 aliphatic rings. The molecule has 0 spiro atoms. The zero-order valence-electron chi connectivity index (χ0n) is 13.6. The smallest absolute Gasteiger partial charge is 0.226 e. The number of benzene rings is 1. The first-order chi connectivity index (χ1) is 11.7. The van der Waals surface area contributed by atoms with Gasteiger partial charge >= 0.3 is 0 Å². The van der Waals surface area contributed by atoms with Gasteiger partial charge in [0.05, 0.1) is 25.2 Å². The molecule has 1 aliphatic heterocycles. The van der Waals surface area contributed by atoms with Crippen LogP contribution in [-0.2, 0) is 14.3 Å². The molecule has 0 radical (unpaired) electrons. The summed E-state index contributed by atoms with van der Waals surface area (Å²) >= 11 is 0. The average molecular weight is 332 g/mol. The molecule has 1 saturated carbocycles. The molecule has 2 amide bonds. The molecular weight excluding hydrogens is 308 g/mol. The van der Waals surface area contributed by atoms with Crippen molar-refractivity contribution in [1.29, 1.82) is 0 Å². The number of para-hydroxylation sites is 1. The number of hydrogen-bond donors (Lipinski definition) is 3. The van der Waals surface area contributed by atoms with Gasteiger partial charge < -0.3 is 20.5 Å². The Morgan fingerprint density at radius 2 is 1.88 bits per heavy atom. The van der Waals surface area contributed by atoms with Crippen LogP contribution in [-0.4, -0.2) is 41.8 Å². The molecule has 6 nitrogen and oxygen atoms in total. The summed E-state index contributed by atoms with van der Waals surface area (Å²) in [7, 11) is 0. The lowest BCUT2D eigenvalue weighted by molar-refractivity contribution is -0.134. The molecule has 1 saturated heterocycles. The van der Waals surface area contributed by atoms with Gasteiger partial charge in [-0.25, -0.2) is 0 Å². The summed E-state index contributed by atoms with van der Waals surface area (Å²) in [5.41, 5.74) is 0.756. The first kappa shape index (κ1) is 16.9. The average Bonchev–Trinajstić information content (AvgIpc) is 3.42. The Kier molecular flexibility index (Phi) is 5.48. The lowest BCUT2D eigenvalue weighted by Crippen LogP contribution is -2.51. The van der Waals surface area contributed by atoms with Crippen LogP contribution in [0.3, 0.4) is 0 Å². The van der Waals surface area contributed by atoms with E-state index < -0.39 is 6.10 Å². The Bertz CT molecular complexity index is 574. The van der Waals surface area contributed by atoms with Gasteiger partial charge in [-0.15, -0.1) is 0 Å². The summed E-state index contributed by atoms with van der Waals surface area (Å²) in [4.78, 5) is 24.0. The van der Waals surface area contributed by atoms with Crippen molar-refractivity contribution < 1.29 is 19.4 Å². The highest BCUT2D eigenvalue weighted by Gasteiger charge is 2.36. The van der Waals surface area contributed by atoms with Crippen LogP contribution < -0.4 is 10.6 Å². The maximum Gasteiger partial charge on any atom is 0.226 e. The number of aliphatic hydroxyl groups excluding tert-OH is 1. The standard InChI is InChI=1S/C18H24N2O4/c21-11-16-15(20-18(23)12-6-7-12)9-8-14(24-16)10-17(22)19-13-4-2-1-3-5-13/h1-5,12,14-16,21H,6-11H2,(H,19,22)(H,20,23)/t14-,15+,16+/m1/s1. The first-order valence-corrected chi connectivity index (χ1v) is 8.57. The van der Waals surface area contributed by atoms with Crippen LogP contribution in [0.4, 0.5) is 5.69 Å². The molecule has 1 aliphatic carbocycles. The number of anilines is 1. The fraction of sp³-hybridized carbons (Fsp3) is 0.556. The number of ether oxygens (including phenoxy) is 1. The number of hydrogen-bond acceptors (Lipinski definition) is 4. The fourth-order valence-corrected chi connectivity index (χ4v) is 3.03. The molecule has 1 aromatic rings. The zero-order valence-corrected chi connectivity index (χ0v) is 13.6. The third-order valence-corrected chi connectivity index (χ3v) is 4.54. The van der Waals surface area contributed by atoms with E-state index in [4.69, 9.17) is 4.74 Å². The molecule has 2 fully saturated rings. The van der Waals surface area contributed by atoms with Crippen molar-refractivity contribution in [3.63, 3.8) is 0 Å². The predicted octanol–water partition coefficient (Wildman–Crippen LogP) is 1.45. The minimum Gasteiger partial charge on any atom is -0.394 e. The third kappa shape index (κ3) is 4.55. The minimum atomic E-state index is -0.448. The number of nitrogens with one attached hydrogen (secondary N) is 2. The van der Waals surface area contributed by atoms with Crippen molar-refractivity contribution in [1.82, 2.24) is 5.32 Å². The maximum atomic E-state index is 12.1. The fourth-order valence-electron chi connectivity index (χ4n) is 3.03. The molecule has 24 heavy (non-hydrogen) atoms. The van der Waals surface area contributed by atoms with Gasteiger partial charge in [0, 0.05) is 11.6 Å². The van der Waals surface area contributed by atoms with Gasteiger partial charge in [0.1, 0.15) is 6.10 Å². The quantitative estimate of drug-likeness (QED) is 0.736. The first-order valence-electron chi connectivity index (χ1n) is 8.57. The van der Waals surface area contributed by atoms with Crippen LogP contribution in [0, 0.1) is 5.92 Å². The van der Waals surface area contributed by atoms with Crippen LogP contribution in [0.5, 0.6) is 0 Å². The van der Waals surface area contributed by atoms with Crippen molar-refractivity contribution in [2.75, 3.05) is 11.9 Å². The van der Waals surface area contributed by atoms with Crippen LogP contribution in [0.1, 0.15) is 32.1 Å². The van der Waals surface area contributed by atoms with E-state index in [1.807, 2.05) is 30.3 Å². The Balaban J connectivity index is 1.47. The molecule has 0 unspecified atom stereocenters. The van der Waals surface area contributed by atoms with Gasteiger partial charge in [0.15, 0.2) is 0 Å². The number of carbonyl (C=O) groups is 2. The maximum absolute atomic E-state index is 12.1. The van der Waals surface area contributed by atoms with Gasteiger partial charge in [-0.05, 0) is 37.8 Å². The summed E-state index contributed by atoms with van der Waals surface area (Å²) in [5.74, 6) is 0.0874. The van der Waals surface area contributed by atoms with Gasteiger partial charge in [-0.3, -0.25) is 9.59 Å². The second kappa shape index (κ2) is 7.77. The van der Waals surface area contributed by atoms with E-state index in [-0.39, 0.29) is 42.9 Å². The van der Waals surface area contributed by atoms with Gasteiger partial charge in [0.2, 0.25) is 11.8 Å². The van der Waals surface area contributed by atoms with Gasteiger partial charge in [-0.1, -0.05) is 18.2 Å². The van der Waals surface area contributed by atoms with Crippen LogP contribution in [0.25, 0.3) is 0 Å². The van der Waals surface area contributed by atoms with Gasteiger partial charge in [0.25, 0.3) is 0 Å². The van der Waals surface area contributed by atoms with Crippen molar-refractivity contribution in [2.45, 2.75) is 50.4 Å². The van der Waals surface area contributed by atoms with E-state index in [1.165, 1.54) is 0 Å². The highest BCUT2D eigenvalue weighted by atomic mass is 16.5. The Morgan fingerprint density at radius 3 is 2.54 bits per heavy atom. The third-order valence-electron chi connectivity index (χ3n) is 4.54. The summed E-state index contributed by atoms with van der Waals surface area (Å²) in [6, 6.07) is 9.11. The van der Waals surface area contributed by atoms with Crippen LogP contribution in [0.15, 0.2) is 30.3 Å². The summed E-state index contributed by atoms with van der Waals surface area (Å²) in [6.07, 6.45) is 2.86. The highest BCUT2D eigenvalue weighted by Crippen LogP contribution is 2.30. The van der Waals surface area contributed by atoms with Crippen LogP contribution in [0.2, 0.25) is 0 Å². The number of amides is 2. The predicted molar refractivity (Wildman–Crippen MR) is 89.3 cm³/mol. The van der Waals surface area contributed by atoms with Crippen molar-refractivity contribution in [3.05, 3.63) is 30.3 Å². The zero-order chi connectivity index (χ0) is 16.9. The molecule has 1 heterocycles. The lowest BCUT2D eigenvalue weighted by atomic mass is 9.96. The van der Waals surface area contributed by atoms with E-state index in [9.17, 15) is 14.7 Å². The Labute approximate surface area is 141 Å². The monoisotopic (exact) mass is 332 g/mol. The molecule has 0 aromatic heterocycles. The number of aliphatic hydroxyl groups is 1.